The van der Waals surface area contributed by atoms with Crippen molar-refractivity contribution in [1.82, 2.24) is 4.31 Å². The highest BCUT2D eigenvalue weighted by Gasteiger charge is 2.63. The van der Waals surface area contributed by atoms with E-state index in [0.717, 1.165) is 35.5 Å². The van der Waals surface area contributed by atoms with Crippen molar-refractivity contribution in [3.05, 3.63) is 77.9 Å². The van der Waals surface area contributed by atoms with E-state index in [9.17, 15) is 4.21 Å². The SMILES string of the molecule is CN([C@H](c1ccc2ccccc2c1)c1ccccc1P(C12CC3CC(CC(C3)C1)C2)C12CC3CC(CC(C3)C1)C2)S(=O)C(C)(C)C. The molecule has 8 saturated carbocycles. The molecule has 46 heavy (non-hydrogen) atoms. The number of hydrogen-bond acceptors (Lipinski definition) is 1. The van der Waals surface area contributed by atoms with Crippen molar-refractivity contribution in [1.29, 1.82) is 0 Å². The zero-order valence-corrected chi connectivity index (χ0v) is 30.3. The molecule has 0 saturated heterocycles. The smallest absolute Gasteiger partial charge is 0.100 e. The molecule has 8 bridgehead atoms. The molecule has 244 valence electrons. The van der Waals surface area contributed by atoms with Gasteiger partial charge in [-0.05, 0) is 177 Å². The summed E-state index contributed by atoms with van der Waals surface area (Å²) >= 11 is 0. The summed E-state index contributed by atoms with van der Waals surface area (Å²) in [6, 6.07) is 25.6. The van der Waals surface area contributed by atoms with Crippen LogP contribution in [0, 0.1) is 35.5 Å². The Bertz CT molecular complexity index is 1560. The molecule has 11 rings (SSSR count). The number of fused-ring (bicyclic) bond motifs is 1. The van der Waals surface area contributed by atoms with E-state index in [1.165, 1.54) is 98.9 Å². The topological polar surface area (TPSA) is 20.3 Å². The molecule has 8 fully saturated rings. The highest BCUT2D eigenvalue weighted by molar-refractivity contribution is 7.84. The fraction of sp³-hybridized carbons (Fsp3) is 0.619. The van der Waals surface area contributed by atoms with Gasteiger partial charge in [-0.25, -0.2) is 8.51 Å². The van der Waals surface area contributed by atoms with E-state index in [2.05, 4.69) is 98.9 Å². The summed E-state index contributed by atoms with van der Waals surface area (Å²) in [5, 5.41) is 5.27. The van der Waals surface area contributed by atoms with E-state index in [4.69, 9.17) is 0 Å². The van der Waals surface area contributed by atoms with E-state index in [1.54, 1.807) is 5.30 Å². The summed E-state index contributed by atoms with van der Waals surface area (Å²) in [4.78, 5) is 0. The van der Waals surface area contributed by atoms with Gasteiger partial charge in [0.15, 0.2) is 0 Å². The standard InChI is InChI=1S/C42H54NOPS/c1-40(2,3)46(44)43(4)39(36-14-13-34-9-5-6-10-35(34)21-36)37-11-7-8-12-38(37)45(41-22-28-15-29(23-41)17-30(16-28)24-41)42-25-31-18-32(26-42)20-33(19-31)27-42/h5-14,21,28-33,39H,15-20,22-27H2,1-4H3/t28?,29?,30?,31?,32?,33?,39-,41?,42?,45?,46?/m1/s1. The van der Waals surface area contributed by atoms with Gasteiger partial charge in [-0.2, -0.15) is 0 Å². The molecule has 0 N–H and O–H groups in total. The molecule has 2 atom stereocenters. The van der Waals surface area contributed by atoms with Crippen LogP contribution in [-0.4, -0.2) is 30.6 Å². The minimum Gasteiger partial charge on any atom is -0.242 e. The fourth-order valence-corrected chi connectivity index (χ4v) is 19.8. The predicted molar refractivity (Wildman–Crippen MR) is 196 cm³/mol. The molecule has 1 unspecified atom stereocenters. The molecule has 0 spiro atoms. The minimum absolute atomic E-state index is 0.0336. The maximum atomic E-state index is 14.4. The highest BCUT2D eigenvalue weighted by Crippen LogP contribution is 2.78. The van der Waals surface area contributed by atoms with Gasteiger partial charge in [0.05, 0.1) is 10.8 Å². The number of hydrogen-bond donors (Lipinski definition) is 0. The first-order chi connectivity index (χ1) is 22.1. The summed E-state index contributed by atoms with van der Waals surface area (Å²) < 4.78 is 16.3. The molecule has 8 aliphatic rings. The molecule has 2 nitrogen and oxygen atoms in total. The van der Waals surface area contributed by atoms with E-state index in [-0.39, 0.29) is 18.7 Å². The summed E-state index contributed by atoms with van der Waals surface area (Å²) in [7, 11) is 0.620. The van der Waals surface area contributed by atoms with Crippen molar-refractivity contribution >= 4 is 35.0 Å². The van der Waals surface area contributed by atoms with Crippen LogP contribution in [0.4, 0.5) is 0 Å². The zero-order valence-electron chi connectivity index (χ0n) is 28.6. The average Bonchev–Trinajstić information content (AvgIpc) is 2.99. The van der Waals surface area contributed by atoms with Gasteiger partial charge in [-0.3, -0.25) is 0 Å². The van der Waals surface area contributed by atoms with Gasteiger partial charge in [0, 0.05) is 7.05 Å². The quantitative estimate of drug-likeness (QED) is 0.233. The Morgan fingerprint density at radius 2 is 1.13 bits per heavy atom. The van der Waals surface area contributed by atoms with E-state index in [1.807, 2.05) is 0 Å². The van der Waals surface area contributed by atoms with Crippen molar-refractivity contribution < 1.29 is 4.21 Å². The van der Waals surface area contributed by atoms with Crippen LogP contribution in [0.3, 0.4) is 0 Å². The monoisotopic (exact) mass is 651 g/mol. The molecule has 4 heteroatoms. The van der Waals surface area contributed by atoms with Crippen molar-refractivity contribution in [2.75, 3.05) is 7.05 Å². The van der Waals surface area contributed by atoms with Crippen LogP contribution >= 0.6 is 7.92 Å². The third-order valence-electron chi connectivity index (χ3n) is 13.7. The molecular weight excluding hydrogens is 598 g/mol. The first-order valence-electron chi connectivity index (χ1n) is 18.6. The zero-order chi connectivity index (χ0) is 31.4. The summed E-state index contributed by atoms with van der Waals surface area (Å²) in [6.07, 6.45) is 18.0. The van der Waals surface area contributed by atoms with Crippen LogP contribution in [0.5, 0.6) is 0 Å². The first-order valence-corrected chi connectivity index (χ1v) is 21.1. The minimum atomic E-state index is -1.15. The van der Waals surface area contributed by atoms with Gasteiger partial charge >= 0.3 is 0 Å². The van der Waals surface area contributed by atoms with Crippen LogP contribution in [-0.2, 0) is 11.0 Å². The average molecular weight is 652 g/mol. The largest absolute Gasteiger partial charge is 0.242 e. The summed E-state index contributed by atoms with van der Waals surface area (Å²) in [5.41, 5.74) is 2.76. The van der Waals surface area contributed by atoms with Crippen molar-refractivity contribution in [3.8, 4) is 0 Å². The van der Waals surface area contributed by atoms with Gasteiger partial charge in [0.2, 0.25) is 0 Å². The Hall–Kier alpha value is -1.54. The van der Waals surface area contributed by atoms with Crippen molar-refractivity contribution in [3.63, 3.8) is 0 Å². The van der Waals surface area contributed by atoms with E-state index < -0.39 is 11.0 Å². The van der Waals surface area contributed by atoms with Gasteiger partial charge < -0.3 is 0 Å². The van der Waals surface area contributed by atoms with Crippen LogP contribution in [0.15, 0.2) is 66.7 Å². The van der Waals surface area contributed by atoms with E-state index in [0.29, 0.717) is 10.3 Å². The summed E-state index contributed by atoms with van der Waals surface area (Å²) in [5.74, 6) is 5.78. The molecule has 0 aliphatic heterocycles. The molecule has 8 aliphatic carbocycles. The van der Waals surface area contributed by atoms with Gasteiger partial charge in [0.1, 0.15) is 11.0 Å². The molecule has 0 heterocycles. The fourth-order valence-electron chi connectivity index (χ4n) is 13.1. The highest BCUT2D eigenvalue weighted by atomic mass is 32.2. The molecule has 0 aromatic heterocycles. The molecular formula is C42H54NOPS. The second-order valence-corrected chi connectivity index (χ2v) is 23.4. The molecule has 3 aromatic rings. The molecule has 3 aromatic carbocycles. The van der Waals surface area contributed by atoms with Crippen LogP contribution < -0.4 is 5.30 Å². The lowest BCUT2D eigenvalue weighted by atomic mass is 9.55. The molecule has 0 radical (unpaired) electrons. The second-order valence-electron chi connectivity index (χ2n) is 18.1. The van der Waals surface area contributed by atoms with Crippen molar-refractivity contribution in [2.45, 2.75) is 119 Å². The summed E-state index contributed by atoms with van der Waals surface area (Å²) in [6.45, 7) is 6.42. The van der Waals surface area contributed by atoms with Crippen molar-refractivity contribution in [2.24, 2.45) is 35.5 Å². The molecule has 0 amide bonds. The van der Waals surface area contributed by atoms with Gasteiger partial charge in [-0.1, -0.05) is 68.6 Å². The van der Waals surface area contributed by atoms with Gasteiger partial charge in [0.25, 0.3) is 0 Å². The van der Waals surface area contributed by atoms with Crippen LogP contribution in [0.2, 0.25) is 0 Å². The maximum Gasteiger partial charge on any atom is 0.100 e. The Balaban J connectivity index is 1.25. The number of rotatable bonds is 7. The number of nitrogens with zero attached hydrogens (tertiary/aromatic N) is 1. The normalized spacial score (nSPS) is 38.0. The lowest BCUT2D eigenvalue weighted by Crippen LogP contribution is -2.58. The first kappa shape index (κ1) is 30.5. The lowest BCUT2D eigenvalue weighted by Gasteiger charge is -2.67. The Labute approximate surface area is 281 Å². The van der Waals surface area contributed by atoms with Crippen LogP contribution in [0.25, 0.3) is 10.8 Å². The third kappa shape index (κ3) is 4.95. The Morgan fingerprint density at radius 3 is 1.63 bits per heavy atom. The Kier molecular flexibility index (Phi) is 7.29. The maximum absolute atomic E-state index is 14.4. The lowest BCUT2D eigenvalue weighted by molar-refractivity contribution is 0.0195. The second kappa shape index (κ2) is 11.0. The van der Waals surface area contributed by atoms with Crippen LogP contribution in [0.1, 0.15) is 115 Å². The third-order valence-corrected chi connectivity index (χ3v) is 19.3. The van der Waals surface area contributed by atoms with E-state index >= 15 is 0 Å². The predicted octanol–water partition coefficient (Wildman–Crippen LogP) is 10.4. The number of benzene rings is 3. The van der Waals surface area contributed by atoms with Gasteiger partial charge in [-0.15, -0.1) is 0 Å². The Morgan fingerprint density at radius 1 is 0.674 bits per heavy atom.